The first-order valence-corrected chi connectivity index (χ1v) is 16.0. The highest BCUT2D eigenvalue weighted by Crippen LogP contribution is 2.31. The Kier molecular flexibility index (Phi) is 9.05. The van der Waals surface area contributed by atoms with Crippen molar-refractivity contribution in [2.24, 2.45) is 5.92 Å². The molecule has 1 atom stereocenters. The largest absolute Gasteiger partial charge is 0.362 e. The Morgan fingerprint density at radius 2 is 1.67 bits per heavy atom. The summed E-state index contributed by atoms with van der Waals surface area (Å²) < 4.78 is 0.979. The Labute approximate surface area is 261 Å². The molecule has 1 unspecified atom stereocenters. The molecule has 0 bridgehead atoms. The van der Waals surface area contributed by atoms with E-state index < -0.39 is 0 Å². The van der Waals surface area contributed by atoms with Crippen LogP contribution in [0.2, 0.25) is 0 Å². The van der Waals surface area contributed by atoms with Crippen molar-refractivity contribution in [1.29, 1.82) is 0 Å². The molecular weight excluding hydrogens is 600 g/mol. The molecule has 0 spiro atoms. The number of ketones is 1. The summed E-state index contributed by atoms with van der Waals surface area (Å²) >= 11 is 3.48. The highest BCUT2D eigenvalue weighted by molar-refractivity contribution is 9.10. The van der Waals surface area contributed by atoms with E-state index in [-0.39, 0.29) is 11.7 Å². The average Bonchev–Trinajstić information content (AvgIpc) is 3.45. The maximum Gasteiger partial charge on any atom is 0.225 e. The van der Waals surface area contributed by atoms with E-state index in [2.05, 4.69) is 62.0 Å². The van der Waals surface area contributed by atoms with Crippen molar-refractivity contribution in [3.05, 3.63) is 94.6 Å². The molecule has 6 rings (SSSR count). The minimum absolute atomic E-state index is 0.0845. The van der Waals surface area contributed by atoms with E-state index >= 15 is 0 Å². The number of carbonyl (C=O) groups excluding carboxylic acids is 1. The molecule has 3 aromatic carbocycles. The lowest BCUT2D eigenvalue weighted by Gasteiger charge is -2.30. The number of hydrogen-bond acceptors (Lipinski definition) is 6. The molecule has 8 heteroatoms. The molecule has 1 saturated carbocycles. The lowest BCUT2D eigenvalue weighted by atomic mass is 9.85. The first-order chi connectivity index (χ1) is 20.9. The number of rotatable bonds is 11. The number of carbonyl (C=O) groups is 1. The van der Waals surface area contributed by atoms with Crippen molar-refractivity contribution in [3.8, 4) is 0 Å². The summed E-state index contributed by atoms with van der Waals surface area (Å²) in [6.45, 7) is 1.72. The van der Waals surface area contributed by atoms with E-state index in [9.17, 15) is 4.79 Å². The standard InChI is InChI=1S/C35H39BrN6O/c1-42(2)34-29-8-4-6-10-32(29)40-35(41-34)39-27-17-11-23(12-18-27)20-37-21-25(19-33(43)24-13-15-26(36)16-14-24)30-22-38-31-9-5-3-7-28(30)31/h3-10,13-16,22-23,25,27,37-38H,11-12,17-21H2,1-2H3,(H,39,40,41). The molecule has 43 heavy (non-hydrogen) atoms. The van der Waals surface area contributed by atoms with Gasteiger partial charge < -0.3 is 20.5 Å². The van der Waals surface area contributed by atoms with Crippen molar-refractivity contribution < 1.29 is 4.79 Å². The molecule has 1 aliphatic rings. The van der Waals surface area contributed by atoms with Gasteiger partial charge in [0.25, 0.3) is 0 Å². The van der Waals surface area contributed by atoms with Gasteiger partial charge in [0.2, 0.25) is 5.95 Å². The summed E-state index contributed by atoms with van der Waals surface area (Å²) in [4.78, 5) is 28.4. The number of para-hydroxylation sites is 2. The number of aromatic amines is 1. The molecule has 3 N–H and O–H groups in total. The molecule has 1 aliphatic carbocycles. The van der Waals surface area contributed by atoms with Gasteiger partial charge in [0, 0.05) is 71.5 Å². The van der Waals surface area contributed by atoms with Crippen LogP contribution in [0.4, 0.5) is 11.8 Å². The number of halogens is 1. The predicted octanol–water partition coefficient (Wildman–Crippen LogP) is 7.56. The summed E-state index contributed by atoms with van der Waals surface area (Å²) in [7, 11) is 4.05. The smallest absolute Gasteiger partial charge is 0.225 e. The molecule has 0 saturated heterocycles. The Morgan fingerprint density at radius 3 is 2.44 bits per heavy atom. The number of nitrogens with one attached hydrogen (secondary N) is 3. The van der Waals surface area contributed by atoms with Gasteiger partial charge >= 0.3 is 0 Å². The summed E-state index contributed by atoms with van der Waals surface area (Å²) in [6, 6.07) is 24.6. The second kappa shape index (κ2) is 13.3. The van der Waals surface area contributed by atoms with Crippen molar-refractivity contribution >= 4 is 55.3 Å². The molecule has 2 aromatic heterocycles. The van der Waals surface area contributed by atoms with Crippen molar-refractivity contribution in [1.82, 2.24) is 20.3 Å². The van der Waals surface area contributed by atoms with Gasteiger partial charge in [-0.2, -0.15) is 4.98 Å². The maximum absolute atomic E-state index is 13.3. The average molecular weight is 640 g/mol. The van der Waals surface area contributed by atoms with Crippen molar-refractivity contribution in [2.75, 3.05) is 37.4 Å². The van der Waals surface area contributed by atoms with E-state index in [1.807, 2.05) is 67.5 Å². The third-order valence-corrected chi connectivity index (χ3v) is 9.20. The number of anilines is 2. The Morgan fingerprint density at radius 1 is 0.953 bits per heavy atom. The monoisotopic (exact) mass is 638 g/mol. The SMILES string of the molecule is CN(C)c1nc(NC2CCC(CNCC(CC(=O)c3ccc(Br)cc3)c3c[nH]c4ccccc34)CC2)nc2ccccc12. The highest BCUT2D eigenvalue weighted by atomic mass is 79.9. The first kappa shape index (κ1) is 29.3. The normalized spacial score (nSPS) is 17.7. The van der Waals surface area contributed by atoms with E-state index in [0.717, 1.165) is 71.0 Å². The van der Waals surface area contributed by atoms with Gasteiger partial charge in [-0.25, -0.2) is 4.98 Å². The van der Waals surface area contributed by atoms with Gasteiger partial charge in [-0.15, -0.1) is 0 Å². The van der Waals surface area contributed by atoms with Crippen LogP contribution < -0.4 is 15.5 Å². The molecular formula is C35H39BrN6O. The fraction of sp³-hybridized carbons (Fsp3) is 0.343. The van der Waals surface area contributed by atoms with Crippen LogP contribution in [-0.4, -0.2) is 54.0 Å². The summed E-state index contributed by atoms with van der Waals surface area (Å²) in [5.74, 6) is 2.51. The van der Waals surface area contributed by atoms with Crippen LogP contribution in [0.25, 0.3) is 21.8 Å². The first-order valence-electron chi connectivity index (χ1n) is 15.2. The summed E-state index contributed by atoms with van der Waals surface area (Å²) in [5.41, 5.74) is 4.03. The number of H-pyrrole nitrogens is 1. The summed E-state index contributed by atoms with van der Waals surface area (Å²) in [6.07, 6.45) is 7.03. The van der Waals surface area contributed by atoms with Gasteiger partial charge in [0.15, 0.2) is 5.78 Å². The van der Waals surface area contributed by atoms with E-state index in [1.54, 1.807) is 0 Å². The lowest BCUT2D eigenvalue weighted by molar-refractivity contribution is 0.0973. The second-order valence-corrected chi connectivity index (χ2v) is 12.8. The van der Waals surface area contributed by atoms with E-state index in [1.165, 1.54) is 10.9 Å². The molecule has 0 aliphatic heterocycles. The number of fused-ring (bicyclic) bond motifs is 2. The molecule has 222 valence electrons. The molecule has 5 aromatic rings. The zero-order chi connectivity index (χ0) is 29.8. The van der Waals surface area contributed by atoms with Crippen LogP contribution in [0, 0.1) is 5.92 Å². The molecule has 7 nitrogen and oxygen atoms in total. The van der Waals surface area contributed by atoms with Crippen LogP contribution in [0.5, 0.6) is 0 Å². The number of aromatic nitrogens is 3. The molecule has 1 fully saturated rings. The fourth-order valence-electron chi connectivity index (χ4n) is 6.32. The van der Waals surface area contributed by atoms with Crippen molar-refractivity contribution in [3.63, 3.8) is 0 Å². The lowest BCUT2D eigenvalue weighted by Crippen LogP contribution is -2.33. The Bertz CT molecular complexity index is 1690. The quantitative estimate of drug-likeness (QED) is 0.129. The van der Waals surface area contributed by atoms with Crippen LogP contribution in [-0.2, 0) is 0 Å². The van der Waals surface area contributed by atoms with E-state index in [0.29, 0.717) is 24.3 Å². The van der Waals surface area contributed by atoms with Crippen LogP contribution in [0.3, 0.4) is 0 Å². The number of benzene rings is 3. The van der Waals surface area contributed by atoms with E-state index in [4.69, 9.17) is 9.97 Å². The van der Waals surface area contributed by atoms with Crippen LogP contribution in [0.15, 0.2) is 83.5 Å². The topological polar surface area (TPSA) is 85.9 Å². The number of nitrogens with zero attached hydrogens (tertiary/aromatic N) is 3. The zero-order valence-corrected chi connectivity index (χ0v) is 26.4. The highest BCUT2D eigenvalue weighted by Gasteiger charge is 2.24. The van der Waals surface area contributed by atoms with Gasteiger partial charge in [0.1, 0.15) is 5.82 Å². The van der Waals surface area contributed by atoms with Crippen LogP contribution >= 0.6 is 15.9 Å². The number of hydrogen-bond donors (Lipinski definition) is 3. The summed E-state index contributed by atoms with van der Waals surface area (Å²) in [5, 5.41) is 9.64. The molecule has 2 heterocycles. The Balaban J connectivity index is 1.06. The maximum atomic E-state index is 13.3. The third kappa shape index (κ3) is 6.92. The Hall–Kier alpha value is -3.75. The third-order valence-electron chi connectivity index (χ3n) is 8.67. The second-order valence-electron chi connectivity index (χ2n) is 11.9. The number of Topliss-reactive ketones (excluding diaryl/α,β-unsaturated/α-hetero) is 1. The molecule has 0 radical (unpaired) electrons. The van der Waals surface area contributed by atoms with Gasteiger partial charge in [-0.3, -0.25) is 4.79 Å². The van der Waals surface area contributed by atoms with Crippen LogP contribution in [0.1, 0.15) is 53.9 Å². The van der Waals surface area contributed by atoms with Gasteiger partial charge in [0.05, 0.1) is 5.52 Å². The zero-order valence-electron chi connectivity index (χ0n) is 24.8. The van der Waals surface area contributed by atoms with Crippen molar-refractivity contribution in [2.45, 2.75) is 44.1 Å². The minimum atomic E-state index is 0.0845. The van der Waals surface area contributed by atoms with Gasteiger partial charge in [-0.05, 0) is 74.0 Å². The molecule has 0 amide bonds. The fourth-order valence-corrected chi connectivity index (χ4v) is 6.59. The minimum Gasteiger partial charge on any atom is -0.362 e. The predicted molar refractivity (Wildman–Crippen MR) is 180 cm³/mol. The van der Waals surface area contributed by atoms with Gasteiger partial charge in [-0.1, -0.05) is 58.4 Å².